The van der Waals surface area contributed by atoms with Gasteiger partial charge in [0.1, 0.15) is 0 Å². The largest absolute Gasteiger partial charge is 0.393 e. The molecule has 0 saturated heterocycles. The van der Waals surface area contributed by atoms with Crippen molar-refractivity contribution in [1.29, 1.82) is 0 Å². The Hall–Kier alpha value is -0.280. The second-order valence-electron chi connectivity index (χ2n) is 4.36. The Kier molecular flexibility index (Phi) is 4.09. The van der Waals surface area contributed by atoms with E-state index in [4.69, 9.17) is 28.3 Å². The van der Waals surface area contributed by atoms with E-state index in [-0.39, 0.29) is 6.10 Å². The van der Waals surface area contributed by atoms with Gasteiger partial charge in [-0.05, 0) is 43.0 Å². The van der Waals surface area contributed by atoms with Crippen LogP contribution in [0, 0.1) is 5.92 Å². The van der Waals surface area contributed by atoms with Crippen LogP contribution in [0.3, 0.4) is 0 Å². The van der Waals surface area contributed by atoms with Crippen LogP contribution in [0.1, 0.15) is 18.4 Å². The Morgan fingerprint density at radius 3 is 2.69 bits per heavy atom. The molecule has 1 saturated carbocycles. The molecule has 2 N–H and O–H groups in total. The third-order valence-corrected chi connectivity index (χ3v) is 3.56. The number of aliphatic hydroxyl groups is 1. The van der Waals surface area contributed by atoms with E-state index in [1.54, 1.807) is 6.07 Å². The number of halogens is 2. The van der Waals surface area contributed by atoms with Gasteiger partial charge in [-0.25, -0.2) is 0 Å². The number of hydrogen-bond donors (Lipinski definition) is 2. The maximum Gasteiger partial charge on any atom is 0.0546 e. The van der Waals surface area contributed by atoms with Gasteiger partial charge in [0, 0.05) is 16.6 Å². The maximum atomic E-state index is 9.15. The molecule has 1 fully saturated rings. The van der Waals surface area contributed by atoms with Crippen LogP contribution in [-0.4, -0.2) is 17.8 Å². The van der Waals surface area contributed by atoms with Crippen LogP contribution in [0.15, 0.2) is 18.2 Å². The van der Waals surface area contributed by atoms with Gasteiger partial charge in [0.15, 0.2) is 0 Å². The van der Waals surface area contributed by atoms with Crippen LogP contribution in [0.25, 0.3) is 0 Å². The van der Waals surface area contributed by atoms with Gasteiger partial charge in [-0.15, -0.1) is 0 Å². The fourth-order valence-electron chi connectivity index (χ4n) is 1.94. The van der Waals surface area contributed by atoms with Gasteiger partial charge in [0.25, 0.3) is 0 Å². The SMILES string of the molecule is OC1CC(CNCc2ccc(Cl)cc2Cl)C1. The summed E-state index contributed by atoms with van der Waals surface area (Å²) in [6.45, 7) is 1.69. The van der Waals surface area contributed by atoms with Gasteiger partial charge in [-0.3, -0.25) is 0 Å². The van der Waals surface area contributed by atoms with Gasteiger partial charge in [-0.2, -0.15) is 0 Å². The Bertz CT molecular complexity index is 364. The van der Waals surface area contributed by atoms with Crippen molar-refractivity contribution in [1.82, 2.24) is 5.32 Å². The molecule has 1 aliphatic rings. The molecular formula is C12H15Cl2NO. The lowest BCUT2D eigenvalue weighted by Crippen LogP contribution is -2.35. The third-order valence-electron chi connectivity index (χ3n) is 2.97. The molecule has 0 aromatic heterocycles. The maximum absolute atomic E-state index is 9.15. The molecule has 0 heterocycles. The van der Waals surface area contributed by atoms with Gasteiger partial charge in [0.2, 0.25) is 0 Å². The normalized spacial score (nSPS) is 24.2. The van der Waals surface area contributed by atoms with Gasteiger partial charge >= 0.3 is 0 Å². The number of hydrogen-bond acceptors (Lipinski definition) is 2. The van der Waals surface area contributed by atoms with E-state index in [1.165, 1.54) is 0 Å². The standard InChI is InChI=1S/C12H15Cl2NO/c13-10-2-1-9(12(14)5-10)7-15-6-8-3-11(16)4-8/h1-2,5,8,11,15-16H,3-4,6-7H2. The molecule has 88 valence electrons. The van der Waals surface area contributed by atoms with Crippen molar-refractivity contribution in [2.45, 2.75) is 25.5 Å². The fourth-order valence-corrected chi connectivity index (χ4v) is 2.42. The van der Waals surface area contributed by atoms with Crippen molar-refractivity contribution in [3.8, 4) is 0 Å². The molecule has 4 heteroatoms. The summed E-state index contributed by atoms with van der Waals surface area (Å²) in [5, 5.41) is 13.9. The zero-order chi connectivity index (χ0) is 11.5. The molecule has 1 aliphatic carbocycles. The summed E-state index contributed by atoms with van der Waals surface area (Å²) in [7, 11) is 0. The first-order valence-electron chi connectivity index (χ1n) is 5.48. The lowest BCUT2D eigenvalue weighted by atomic mass is 9.82. The number of aliphatic hydroxyl groups excluding tert-OH is 1. The van der Waals surface area contributed by atoms with Crippen molar-refractivity contribution in [2.24, 2.45) is 5.92 Å². The first kappa shape index (κ1) is 12.2. The first-order valence-corrected chi connectivity index (χ1v) is 6.23. The molecular weight excluding hydrogens is 245 g/mol. The van der Waals surface area contributed by atoms with Crippen LogP contribution in [0.5, 0.6) is 0 Å². The molecule has 0 aliphatic heterocycles. The molecule has 0 atom stereocenters. The topological polar surface area (TPSA) is 32.3 Å². The summed E-state index contributed by atoms with van der Waals surface area (Å²) < 4.78 is 0. The van der Waals surface area contributed by atoms with Crippen molar-refractivity contribution in [3.05, 3.63) is 33.8 Å². The van der Waals surface area contributed by atoms with Crippen LogP contribution < -0.4 is 5.32 Å². The van der Waals surface area contributed by atoms with E-state index in [1.807, 2.05) is 12.1 Å². The average Bonchev–Trinajstić information content (AvgIpc) is 2.18. The minimum Gasteiger partial charge on any atom is -0.393 e. The second-order valence-corrected chi connectivity index (χ2v) is 5.20. The number of nitrogens with one attached hydrogen (secondary N) is 1. The zero-order valence-corrected chi connectivity index (χ0v) is 10.4. The van der Waals surface area contributed by atoms with Crippen LogP contribution in [0.2, 0.25) is 10.0 Å². The Labute approximate surface area is 106 Å². The summed E-state index contributed by atoms with van der Waals surface area (Å²) in [6, 6.07) is 5.54. The highest BCUT2D eigenvalue weighted by molar-refractivity contribution is 6.35. The first-order chi connectivity index (χ1) is 7.65. The molecule has 0 spiro atoms. The number of rotatable bonds is 4. The molecule has 2 rings (SSSR count). The van der Waals surface area contributed by atoms with Gasteiger partial charge < -0.3 is 10.4 Å². The van der Waals surface area contributed by atoms with E-state index in [2.05, 4.69) is 5.32 Å². The van der Waals surface area contributed by atoms with E-state index in [0.29, 0.717) is 16.0 Å². The predicted molar refractivity (Wildman–Crippen MR) is 66.9 cm³/mol. The number of benzene rings is 1. The highest BCUT2D eigenvalue weighted by Gasteiger charge is 2.26. The van der Waals surface area contributed by atoms with Crippen molar-refractivity contribution >= 4 is 23.2 Å². The summed E-state index contributed by atoms with van der Waals surface area (Å²) >= 11 is 11.9. The van der Waals surface area contributed by atoms with E-state index in [0.717, 1.165) is 31.5 Å². The highest BCUT2D eigenvalue weighted by atomic mass is 35.5. The van der Waals surface area contributed by atoms with Crippen LogP contribution >= 0.6 is 23.2 Å². The molecule has 0 amide bonds. The molecule has 0 bridgehead atoms. The third kappa shape index (κ3) is 3.11. The molecule has 1 aromatic rings. The molecule has 0 radical (unpaired) electrons. The van der Waals surface area contributed by atoms with Crippen LogP contribution in [0.4, 0.5) is 0 Å². The molecule has 2 nitrogen and oxygen atoms in total. The second kappa shape index (κ2) is 5.37. The smallest absolute Gasteiger partial charge is 0.0546 e. The predicted octanol–water partition coefficient (Wildman–Crippen LogP) is 2.85. The molecule has 0 unspecified atom stereocenters. The minimum atomic E-state index is -0.0779. The summed E-state index contributed by atoms with van der Waals surface area (Å²) in [4.78, 5) is 0. The van der Waals surface area contributed by atoms with Crippen molar-refractivity contribution < 1.29 is 5.11 Å². The summed E-state index contributed by atoms with van der Waals surface area (Å²) in [5.41, 5.74) is 1.06. The highest BCUT2D eigenvalue weighted by Crippen LogP contribution is 2.26. The van der Waals surface area contributed by atoms with E-state index >= 15 is 0 Å². The quantitative estimate of drug-likeness (QED) is 0.872. The van der Waals surface area contributed by atoms with Crippen LogP contribution in [-0.2, 0) is 6.54 Å². The molecule has 1 aromatic carbocycles. The lowest BCUT2D eigenvalue weighted by molar-refractivity contribution is 0.0430. The van der Waals surface area contributed by atoms with E-state index in [9.17, 15) is 0 Å². The summed E-state index contributed by atoms with van der Waals surface area (Å²) in [6.07, 6.45) is 1.76. The van der Waals surface area contributed by atoms with Crippen molar-refractivity contribution in [2.75, 3.05) is 6.54 Å². The van der Waals surface area contributed by atoms with Gasteiger partial charge in [0.05, 0.1) is 6.10 Å². The fraction of sp³-hybridized carbons (Fsp3) is 0.500. The minimum absolute atomic E-state index is 0.0779. The Morgan fingerprint density at radius 2 is 2.06 bits per heavy atom. The zero-order valence-electron chi connectivity index (χ0n) is 8.92. The Balaban J connectivity index is 1.76. The Morgan fingerprint density at radius 1 is 1.31 bits per heavy atom. The summed E-state index contributed by atoms with van der Waals surface area (Å²) in [5.74, 6) is 0.612. The average molecular weight is 260 g/mol. The van der Waals surface area contributed by atoms with E-state index < -0.39 is 0 Å². The van der Waals surface area contributed by atoms with Gasteiger partial charge in [-0.1, -0.05) is 29.3 Å². The molecule has 16 heavy (non-hydrogen) atoms. The van der Waals surface area contributed by atoms with Crippen molar-refractivity contribution in [3.63, 3.8) is 0 Å². The lowest BCUT2D eigenvalue weighted by Gasteiger charge is -2.31. The monoisotopic (exact) mass is 259 g/mol.